The predicted molar refractivity (Wildman–Crippen MR) is 80.8 cm³/mol. The Hall–Kier alpha value is -2.35. The fourth-order valence-corrected chi connectivity index (χ4v) is 2.92. The number of aromatic nitrogens is 2. The van der Waals surface area contributed by atoms with E-state index in [1.807, 2.05) is 6.92 Å². The van der Waals surface area contributed by atoms with Crippen molar-refractivity contribution in [3.8, 4) is 0 Å². The van der Waals surface area contributed by atoms with Crippen LogP contribution in [0.25, 0.3) is 0 Å². The maximum atomic E-state index is 13.1. The number of hydrogen-bond acceptors (Lipinski definition) is 3. The second kappa shape index (κ2) is 5.94. The molecule has 5 nitrogen and oxygen atoms in total. The molecule has 1 amide bonds. The highest BCUT2D eigenvalue weighted by atomic mass is 19.4. The van der Waals surface area contributed by atoms with Gasteiger partial charge in [0.2, 0.25) is 0 Å². The molecule has 0 saturated heterocycles. The molecule has 128 valence electrons. The summed E-state index contributed by atoms with van der Waals surface area (Å²) in [7, 11) is 1.33. The maximum Gasteiger partial charge on any atom is 0.416 e. The molecule has 0 spiro atoms. The number of rotatable bonds is 3. The van der Waals surface area contributed by atoms with Gasteiger partial charge < -0.3 is 9.64 Å². The van der Waals surface area contributed by atoms with Crippen LogP contribution in [0.1, 0.15) is 34.6 Å². The number of benzene rings is 1. The minimum atomic E-state index is -4.47. The van der Waals surface area contributed by atoms with Crippen molar-refractivity contribution in [1.29, 1.82) is 0 Å². The summed E-state index contributed by atoms with van der Waals surface area (Å²) < 4.78 is 45.8. The molecule has 24 heavy (non-hydrogen) atoms. The van der Waals surface area contributed by atoms with E-state index in [0.29, 0.717) is 17.9 Å². The summed E-state index contributed by atoms with van der Waals surface area (Å²) in [6, 6.07) is 5.21. The van der Waals surface area contributed by atoms with Crippen LogP contribution in [-0.4, -0.2) is 29.3 Å². The predicted octanol–water partition coefficient (Wildman–Crippen LogP) is 3.27. The van der Waals surface area contributed by atoms with Gasteiger partial charge in [-0.3, -0.25) is 9.48 Å². The highest BCUT2D eigenvalue weighted by Gasteiger charge is 2.35. The number of methoxy groups -OCH3 is 1. The second-order valence-electron chi connectivity index (χ2n) is 5.70. The van der Waals surface area contributed by atoms with Crippen LogP contribution in [0.3, 0.4) is 0 Å². The van der Waals surface area contributed by atoms with Gasteiger partial charge in [-0.1, -0.05) is 0 Å². The zero-order chi connectivity index (χ0) is 17.5. The number of nitrogens with zero attached hydrogens (tertiary/aromatic N) is 3. The molecule has 1 aliphatic heterocycles. The number of carbonyl (C=O) groups excluding carboxylic acids is 1. The lowest BCUT2D eigenvalue weighted by atomic mass is 10.0. The number of halogens is 3. The van der Waals surface area contributed by atoms with Gasteiger partial charge in [-0.05, 0) is 36.8 Å². The summed E-state index contributed by atoms with van der Waals surface area (Å²) in [6.07, 6.45) is -2.93. The Balaban J connectivity index is 2.01. The Kier molecular flexibility index (Phi) is 4.08. The average molecular weight is 339 g/mol. The first-order valence-corrected chi connectivity index (χ1v) is 7.37. The monoisotopic (exact) mass is 339 g/mol. The van der Waals surface area contributed by atoms with Crippen LogP contribution in [0.2, 0.25) is 0 Å². The Morgan fingerprint density at radius 3 is 2.75 bits per heavy atom. The number of hydrogen-bond donors (Lipinski definition) is 0. The lowest BCUT2D eigenvalue weighted by Gasteiger charge is -2.32. The third kappa shape index (κ3) is 2.77. The highest BCUT2D eigenvalue weighted by molar-refractivity contribution is 6.05. The third-order valence-electron chi connectivity index (χ3n) is 4.00. The molecule has 1 atom stereocenters. The lowest BCUT2D eigenvalue weighted by Crippen LogP contribution is -2.42. The molecule has 0 unspecified atom stereocenters. The van der Waals surface area contributed by atoms with Crippen molar-refractivity contribution < 1.29 is 22.7 Å². The lowest BCUT2D eigenvalue weighted by molar-refractivity contribution is -0.138. The molecule has 2 aromatic rings. The number of anilines is 1. The summed E-state index contributed by atoms with van der Waals surface area (Å²) in [5, 5.41) is 4.11. The summed E-state index contributed by atoms with van der Waals surface area (Å²) in [5.41, 5.74) is 0.0824. The summed E-state index contributed by atoms with van der Waals surface area (Å²) >= 11 is 0. The number of fused-ring (bicyclic) bond motifs is 1. The molecule has 0 fully saturated rings. The van der Waals surface area contributed by atoms with Crippen LogP contribution in [0.15, 0.2) is 30.5 Å². The minimum Gasteiger partial charge on any atom is -0.380 e. The van der Waals surface area contributed by atoms with E-state index in [9.17, 15) is 18.0 Å². The molecule has 0 radical (unpaired) electrons. The standard InChI is InChI=1S/C16H16F3N3O2/c1-10-8-21(15(23)14-5-6-20-22(10)14)12-3-4-13(16(17,18)19)11(7-12)9-24-2/h3-7,10H,8-9H2,1-2H3/t10-/m0/s1. The highest BCUT2D eigenvalue weighted by Crippen LogP contribution is 2.35. The van der Waals surface area contributed by atoms with E-state index in [2.05, 4.69) is 5.10 Å². The first-order valence-electron chi connectivity index (χ1n) is 7.37. The van der Waals surface area contributed by atoms with Gasteiger partial charge in [-0.15, -0.1) is 0 Å². The van der Waals surface area contributed by atoms with Crippen LogP contribution in [0, 0.1) is 0 Å². The smallest absolute Gasteiger partial charge is 0.380 e. The summed E-state index contributed by atoms with van der Waals surface area (Å²) in [4.78, 5) is 14.1. The van der Waals surface area contributed by atoms with Crippen LogP contribution < -0.4 is 4.90 Å². The van der Waals surface area contributed by atoms with Crippen LogP contribution in [-0.2, 0) is 17.5 Å². The molecular formula is C16H16F3N3O2. The first kappa shape index (κ1) is 16.5. The molecule has 2 heterocycles. The largest absolute Gasteiger partial charge is 0.416 e. The van der Waals surface area contributed by atoms with E-state index in [1.165, 1.54) is 30.3 Å². The summed E-state index contributed by atoms with van der Waals surface area (Å²) in [6.45, 7) is 2.06. The van der Waals surface area contributed by atoms with E-state index in [1.54, 1.807) is 10.7 Å². The van der Waals surface area contributed by atoms with Crippen molar-refractivity contribution in [1.82, 2.24) is 9.78 Å². The molecule has 0 aliphatic carbocycles. The third-order valence-corrected chi connectivity index (χ3v) is 4.00. The van der Waals surface area contributed by atoms with Crippen molar-refractivity contribution in [3.05, 3.63) is 47.3 Å². The number of carbonyl (C=O) groups is 1. The molecule has 1 aliphatic rings. The van der Waals surface area contributed by atoms with Gasteiger partial charge in [0.05, 0.1) is 18.2 Å². The van der Waals surface area contributed by atoms with Crippen molar-refractivity contribution in [3.63, 3.8) is 0 Å². The van der Waals surface area contributed by atoms with Crippen molar-refractivity contribution in [2.75, 3.05) is 18.6 Å². The van der Waals surface area contributed by atoms with Gasteiger partial charge in [0, 0.05) is 25.5 Å². The average Bonchev–Trinajstić information content (AvgIpc) is 3.00. The Bertz CT molecular complexity index is 770. The number of alkyl halides is 3. The molecule has 1 aromatic heterocycles. The molecule has 8 heteroatoms. The van der Waals surface area contributed by atoms with Crippen LogP contribution in [0.5, 0.6) is 0 Å². The fraction of sp³-hybridized carbons (Fsp3) is 0.375. The van der Waals surface area contributed by atoms with Gasteiger partial charge in [-0.2, -0.15) is 18.3 Å². The van der Waals surface area contributed by atoms with E-state index in [-0.39, 0.29) is 24.1 Å². The Labute approximate surface area is 136 Å². The Morgan fingerprint density at radius 2 is 2.08 bits per heavy atom. The molecule has 3 rings (SSSR count). The molecular weight excluding hydrogens is 323 g/mol. The number of amides is 1. The van der Waals surface area contributed by atoms with Crippen molar-refractivity contribution in [2.24, 2.45) is 0 Å². The minimum absolute atomic E-state index is 0.00188. The SMILES string of the molecule is COCc1cc(N2C[C@H](C)n3nccc3C2=O)ccc1C(F)(F)F. The first-order chi connectivity index (χ1) is 11.3. The molecule has 0 saturated carbocycles. The van der Waals surface area contributed by atoms with Gasteiger partial charge in [-0.25, -0.2) is 0 Å². The maximum absolute atomic E-state index is 13.1. The van der Waals surface area contributed by atoms with Gasteiger partial charge >= 0.3 is 6.18 Å². The summed E-state index contributed by atoms with van der Waals surface area (Å²) in [5.74, 6) is -0.284. The molecule has 1 aromatic carbocycles. The fourth-order valence-electron chi connectivity index (χ4n) is 2.92. The zero-order valence-corrected chi connectivity index (χ0v) is 13.2. The van der Waals surface area contributed by atoms with Crippen molar-refractivity contribution in [2.45, 2.75) is 25.7 Å². The van der Waals surface area contributed by atoms with E-state index in [0.717, 1.165) is 6.07 Å². The molecule has 0 bridgehead atoms. The van der Waals surface area contributed by atoms with Gasteiger partial charge in [0.25, 0.3) is 5.91 Å². The van der Waals surface area contributed by atoms with Crippen LogP contribution in [0.4, 0.5) is 18.9 Å². The van der Waals surface area contributed by atoms with Crippen molar-refractivity contribution >= 4 is 11.6 Å². The topological polar surface area (TPSA) is 47.4 Å². The quantitative estimate of drug-likeness (QED) is 0.862. The van der Waals surface area contributed by atoms with E-state index >= 15 is 0 Å². The van der Waals surface area contributed by atoms with Gasteiger partial charge in [0.1, 0.15) is 5.69 Å². The normalized spacial score (nSPS) is 18.0. The van der Waals surface area contributed by atoms with Crippen LogP contribution >= 0.6 is 0 Å². The van der Waals surface area contributed by atoms with Gasteiger partial charge in [0.15, 0.2) is 0 Å². The van der Waals surface area contributed by atoms with E-state index < -0.39 is 11.7 Å². The number of ether oxygens (including phenoxy) is 1. The molecule has 0 N–H and O–H groups in total. The zero-order valence-electron chi connectivity index (χ0n) is 13.2. The second-order valence-corrected chi connectivity index (χ2v) is 5.70. The Morgan fingerprint density at radius 1 is 1.33 bits per heavy atom. The van der Waals surface area contributed by atoms with E-state index in [4.69, 9.17) is 4.74 Å².